The zero-order valence-corrected chi connectivity index (χ0v) is 12.2. The van der Waals surface area contributed by atoms with Crippen LogP contribution in [0, 0.1) is 0 Å². The van der Waals surface area contributed by atoms with Gasteiger partial charge in [-0.2, -0.15) is 0 Å². The average molecular weight is 304 g/mol. The van der Waals surface area contributed by atoms with Crippen LogP contribution in [0.3, 0.4) is 0 Å². The largest absolute Gasteiger partial charge is 0.481 e. The summed E-state index contributed by atoms with van der Waals surface area (Å²) in [6, 6.07) is 3.77. The summed E-state index contributed by atoms with van der Waals surface area (Å²) in [5.74, 6) is -0.735. The van der Waals surface area contributed by atoms with Crippen molar-refractivity contribution in [1.82, 2.24) is 5.32 Å². The number of carbonyl (C=O) groups excluding carboxylic acids is 1. The zero-order valence-electron chi connectivity index (χ0n) is 10.7. The molecule has 1 rings (SSSR count). The Morgan fingerprint density at radius 3 is 2.63 bits per heavy atom. The Hall–Kier alpha value is -1.07. The molecule has 0 aliphatic carbocycles. The number of thiophene rings is 1. The minimum atomic E-state index is -0.765. The third-order valence-electron chi connectivity index (χ3n) is 2.62. The van der Waals surface area contributed by atoms with Crippen molar-refractivity contribution in [2.45, 2.75) is 38.5 Å². The number of nitrogens with one attached hydrogen (secondary N) is 1. The van der Waals surface area contributed by atoms with Crippen molar-refractivity contribution in [3.63, 3.8) is 0 Å². The molecule has 2 N–H and O–H groups in total. The molecule has 0 atom stereocenters. The SMILES string of the molecule is O=C(O)CCCCCNC(=O)CCc1ccc(Cl)s1. The highest BCUT2D eigenvalue weighted by Gasteiger charge is 2.04. The van der Waals surface area contributed by atoms with Crippen LogP contribution < -0.4 is 5.32 Å². The van der Waals surface area contributed by atoms with E-state index in [0.29, 0.717) is 25.8 Å². The number of carboxylic acid groups (broad SMARTS) is 1. The van der Waals surface area contributed by atoms with Crippen LogP contribution in [0.15, 0.2) is 12.1 Å². The summed E-state index contributed by atoms with van der Waals surface area (Å²) in [5, 5.41) is 11.3. The monoisotopic (exact) mass is 303 g/mol. The Morgan fingerprint density at radius 1 is 1.21 bits per heavy atom. The highest BCUT2D eigenvalue weighted by molar-refractivity contribution is 7.16. The van der Waals surface area contributed by atoms with Gasteiger partial charge in [0.05, 0.1) is 4.34 Å². The molecule has 0 bridgehead atoms. The molecule has 0 radical (unpaired) electrons. The molecule has 0 fully saturated rings. The Bertz CT molecular complexity index is 420. The van der Waals surface area contributed by atoms with Crippen molar-refractivity contribution in [2.24, 2.45) is 0 Å². The van der Waals surface area contributed by atoms with Crippen molar-refractivity contribution in [3.05, 3.63) is 21.3 Å². The lowest BCUT2D eigenvalue weighted by Crippen LogP contribution is -2.24. The maximum Gasteiger partial charge on any atom is 0.303 e. The van der Waals surface area contributed by atoms with Gasteiger partial charge in [-0.1, -0.05) is 18.0 Å². The molecule has 1 aromatic heterocycles. The molecule has 0 aliphatic heterocycles. The van der Waals surface area contributed by atoms with Crippen LogP contribution in [-0.4, -0.2) is 23.5 Å². The summed E-state index contributed by atoms with van der Waals surface area (Å²) in [7, 11) is 0. The molecule has 19 heavy (non-hydrogen) atoms. The number of aryl methyl sites for hydroxylation is 1. The van der Waals surface area contributed by atoms with Crippen LogP contribution in [0.4, 0.5) is 0 Å². The Balaban J connectivity index is 2.00. The van der Waals surface area contributed by atoms with E-state index in [1.807, 2.05) is 12.1 Å². The summed E-state index contributed by atoms with van der Waals surface area (Å²) in [6.45, 7) is 0.615. The molecular weight excluding hydrogens is 286 g/mol. The van der Waals surface area contributed by atoms with E-state index in [9.17, 15) is 9.59 Å². The highest BCUT2D eigenvalue weighted by atomic mass is 35.5. The Morgan fingerprint density at radius 2 is 2.00 bits per heavy atom. The molecule has 0 aliphatic rings. The third-order valence-corrected chi connectivity index (χ3v) is 3.91. The topological polar surface area (TPSA) is 66.4 Å². The van der Waals surface area contributed by atoms with E-state index in [1.54, 1.807) is 0 Å². The normalized spacial score (nSPS) is 10.4. The van der Waals surface area contributed by atoms with E-state index in [0.717, 1.165) is 22.1 Å². The minimum absolute atomic E-state index is 0.0303. The second kappa shape index (κ2) is 8.93. The predicted molar refractivity (Wildman–Crippen MR) is 76.8 cm³/mol. The molecule has 0 saturated heterocycles. The first-order valence-electron chi connectivity index (χ1n) is 6.30. The predicted octanol–water partition coefficient (Wildman–Crippen LogP) is 3.10. The summed E-state index contributed by atoms with van der Waals surface area (Å²) in [6.07, 6.45) is 3.69. The summed E-state index contributed by atoms with van der Waals surface area (Å²) >= 11 is 7.30. The van der Waals surface area contributed by atoms with E-state index in [-0.39, 0.29) is 12.3 Å². The van der Waals surface area contributed by atoms with Gasteiger partial charge in [-0.25, -0.2) is 0 Å². The van der Waals surface area contributed by atoms with Gasteiger partial charge in [0, 0.05) is 24.3 Å². The second-order valence-corrected chi connectivity index (χ2v) is 6.06. The number of unbranched alkanes of at least 4 members (excludes halogenated alkanes) is 2. The van der Waals surface area contributed by atoms with Gasteiger partial charge in [-0.05, 0) is 31.4 Å². The van der Waals surface area contributed by atoms with Crippen LogP contribution >= 0.6 is 22.9 Å². The van der Waals surface area contributed by atoms with Gasteiger partial charge in [0.2, 0.25) is 5.91 Å². The van der Waals surface area contributed by atoms with E-state index in [1.165, 1.54) is 11.3 Å². The van der Waals surface area contributed by atoms with Gasteiger partial charge in [-0.3, -0.25) is 9.59 Å². The van der Waals surface area contributed by atoms with Gasteiger partial charge in [0.25, 0.3) is 0 Å². The van der Waals surface area contributed by atoms with Gasteiger partial charge >= 0.3 is 5.97 Å². The lowest BCUT2D eigenvalue weighted by atomic mass is 10.2. The van der Waals surface area contributed by atoms with Crippen molar-refractivity contribution in [1.29, 1.82) is 0 Å². The van der Waals surface area contributed by atoms with Crippen molar-refractivity contribution in [3.8, 4) is 0 Å². The number of hydrogen-bond donors (Lipinski definition) is 2. The zero-order chi connectivity index (χ0) is 14.1. The molecule has 6 heteroatoms. The summed E-state index contributed by atoms with van der Waals surface area (Å²) in [5.41, 5.74) is 0. The Labute approximate surface area is 121 Å². The number of carbonyl (C=O) groups is 2. The van der Waals surface area contributed by atoms with Gasteiger partial charge in [-0.15, -0.1) is 11.3 Å². The van der Waals surface area contributed by atoms with Crippen LogP contribution in [-0.2, 0) is 16.0 Å². The first-order chi connectivity index (χ1) is 9.08. The van der Waals surface area contributed by atoms with Gasteiger partial charge in [0.15, 0.2) is 0 Å². The van der Waals surface area contributed by atoms with Crippen molar-refractivity contribution < 1.29 is 14.7 Å². The quantitative estimate of drug-likeness (QED) is 0.689. The number of amides is 1. The maximum atomic E-state index is 11.5. The lowest BCUT2D eigenvalue weighted by Gasteiger charge is -2.04. The molecule has 106 valence electrons. The minimum Gasteiger partial charge on any atom is -0.481 e. The molecule has 1 heterocycles. The van der Waals surface area contributed by atoms with Crippen LogP contribution in [0.1, 0.15) is 37.0 Å². The van der Waals surface area contributed by atoms with Gasteiger partial charge in [0.1, 0.15) is 0 Å². The number of aliphatic carboxylic acids is 1. The van der Waals surface area contributed by atoms with Crippen LogP contribution in [0.2, 0.25) is 4.34 Å². The summed E-state index contributed by atoms with van der Waals surface area (Å²) in [4.78, 5) is 22.9. The highest BCUT2D eigenvalue weighted by Crippen LogP contribution is 2.22. The molecule has 0 aromatic carbocycles. The van der Waals surface area contributed by atoms with E-state index in [2.05, 4.69) is 5.32 Å². The summed E-state index contributed by atoms with van der Waals surface area (Å²) < 4.78 is 0.744. The molecular formula is C13H18ClNO3S. The number of rotatable bonds is 9. The Kier molecular flexibility index (Phi) is 7.52. The number of hydrogen-bond acceptors (Lipinski definition) is 3. The standard InChI is InChI=1S/C13H18ClNO3S/c14-11-7-5-10(19-11)6-8-12(16)15-9-3-1-2-4-13(17)18/h5,7H,1-4,6,8-9H2,(H,15,16)(H,17,18). The molecule has 0 unspecified atom stereocenters. The van der Waals surface area contributed by atoms with Crippen LogP contribution in [0.5, 0.6) is 0 Å². The van der Waals surface area contributed by atoms with E-state index in [4.69, 9.17) is 16.7 Å². The fourth-order valence-electron chi connectivity index (χ4n) is 1.62. The lowest BCUT2D eigenvalue weighted by molar-refractivity contribution is -0.137. The second-order valence-electron chi connectivity index (χ2n) is 4.26. The molecule has 0 saturated carbocycles. The van der Waals surface area contributed by atoms with Crippen LogP contribution in [0.25, 0.3) is 0 Å². The number of carboxylic acids is 1. The fraction of sp³-hybridized carbons (Fsp3) is 0.538. The van der Waals surface area contributed by atoms with Gasteiger partial charge < -0.3 is 10.4 Å². The molecule has 1 aromatic rings. The third kappa shape index (κ3) is 7.85. The smallest absolute Gasteiger partial charge is 0.303 e. The number of halogens is 1. The molecule has 0 spiro atoms. The fourth-order valence-corrected chi connectivity index (χ4v) is 2.70. The van der Waals surface area contributed by atoms with E-state index >= 15 is 0 Å². The molecule has 4 nitrogen and oxygen atoms in total. The average Bonchev–Trinajstić information content (AvgIpc) is 2.76. The maximum absolute atomic E-state index is 11.5. The first kappa shape index (κ1) is 16.0. The van der Waals surface area contributed by atoms with Crippen molar-refractivity contribution in [2.75, 3.05) is 6.54 Å². The van der Waals surface area contributed by atoms with E-state index < -0.39 is 5.97 Å². The first-order valence-corrected chi connectivity index (χ1v) is 7.50. The van der Waals surface area contributed by atoms with Crippen molar-refractivity contribution >= 4 is 34.8 Å². The molecule has 1 amide bonds.